The minimum atomic E-state index is 0.0974. The summed E-state index contributed by atoms with van der Waals surface area (Å²) in [5.41, 5.74) is 3.30. The first kappa shape index (κ1) is 21.0. The summed E-state index contributed by atoms with van der Waals surface area (Å²) in [4.78, 5) is 20.8. The molecule has 0 aliphatic carbocycles. The molecule has 0 aromatic carbocycles. The molecule has 0 spiro atoms. The number of aromatic nitrogens is 4. The Labute approximate surface area is 187 Å². The normalized spacial score (nSPS) is 23.9. The van der Waals surface area contributed by atoms with E-state index in [1.54, 1.807) is 12.4 Å². The maximum absolute atomic E-state index is 5.84. The molecule has 3 aromatic heterocycles. The summed E-state index contributed by atoms with van der Waals surface area (Å²) >= 11 is 0. The topological polar surface area (TPSA) is 97.3 Å². The van der Waals surface area contributed by atoms with Gasteiger partial charge in [0.05, 0.1) is 36.1 Å². The molecular weight excluding hydrogens is 406 g/mol. The quantitative estimate of drug-likeness (QED) is 0.624. The zero-order chi connectivity index (χ0) is 21.9. The number of morpholine rings is 2. The lowest BCUT2D eigenvalue weighted by Crippen LogP contribution is -2.45. The van der Waals surface area contributed by atoms with Crippen molar-refractivity contribution in [3.63, 3.8) is 0 Å². The standard InChI is InChI=1S/C23H29N7O2/c1-15-13-30(14-16(2)32-15)21-4-3-17(10-27-21)19-9-20-22(26-6-5-25-20)23(29-19)28-12-18-11-24-7-8-31-18/h3-6,9-10,15-16,18,24H,7-8,11-14H2,1-2H3,(H,28,29)/t15-,16+,18-/m0/s1. The Balaban J connectivity index is 1.39. The predicted octanol–water partition coefficient (Wildman–Crippen LogP) is 2.10. The van der Waals surface area contributed by atoms with Crippen LogP contribution in [0.3, 0.4) is 0 Å². The molecule has 2 aliphatic rings. The summed E-state index contributed by atoms with van der Waals surface area (Å²) in [6.45, 7) is 8.96. The molecule has 2 aliphatic heterocycles. The third kappa shape index (κ3) is 4.64. The lowest BCUT2D eigenvalue weighted by Gasteiger charge is -2.36. The predicted molar refractivity (Wildman–Crippen MR) is 124 cm³/mol. The first-order chi connectivity index (χ1) is 15.7. The van der Waals surface area contributed by atoms with Crippen LogP contribution < -0.4 is 15.5 Å². The van der Waals surface area contributed by atoms with Gasteiger partial charge in [0.15, 0.2) is 5.82 Å². The van der Waals surface area contributed by atoms with Gasteiger partial charge in [0, 0.05) is 56.9 Å². The number of rotatable bonds is 5. The van der Waals surface area contributed by atoms with Gasteiger partial charge in [-0.25, -0.2) is 15.0 Å². The molecule has 0 bridgehead atoms. The van der Waals surface area contributed by atoms with E-state index in [1.807, 2.05) is 12.3 Å². The van der Waals surface area contributed by atoms with E-state index in [1.165, 1.54) is 0 Å². The van der Waals surface area contributed by atoms with Gasteiger partial charge in [-0.15, -0.1) is 0 Å². The molecule has 9 nitrogen and oxygen atoms in total. The van der Waals surface area contributed by atoms with E-state index in [9.17, 15) is 0 Å². The van der Waals surface area contributed by atoms with Gasteiger partial charge < -0.3 is 25.0 Å². The first-order valence-corrected chi connectivity index (χ1v) is 11.2. The van der Waals surface area contributed by atoms with Crippen molar-refractivity contribution >= 4 is 22.7 Å². The van der Waals surface area contributed by atoms with Gasteiger partial charge in [0.25, 0.3) is 0 Å². The van der Waals surface area contributed by atoms with Crippen molar-refractivity contribution in [2.24, 2.45) is 0 Å². The molecule has 0 saturated carbocycles. The van der Waals surface area contributed by atoms with Crippen LogP contribution >= 0.6 is 0 Å². The summed E-state index contributed by atoms with van der Waals surface area (Å²) in [5, 5.41) is 6.77. The van der Waals surface area contributed by atoms with Crippen LogP contribution in [0.5, 0.6) is 0 Å². The molecule has 2 saturated heterocycles. The van der Waals surface area contributed by atoms with E-state index in [2.05, 4.69) is 51.5 Å². The minimum absolute atomic E-state index is 0.0974. The summed E-state index contributed by atoms with van der Waals surface area (Å²) in [7, 11) is 0. The van der Waals surface area contributed by atoms with Gasteiger partial charge in [-0.1, -0.05) is 0 Å². The molecule has 5 rings (SSSR count). The second-order valence-electron chi connectivity index (χ2n) is 8.43. The zero-order valence-electron chi connectivity index (χ0n) is 18.5. The fourth-order valence-electron chi connectivity index (χ4n) is 4.29. The van der Waals surface area contributed by atoms with Crippen LogP contribution in [0.15, 0.2) is 36.8 Å². The maximum Gasteiger partial charge on any atom is 0.154 e. The molecular formula is C23H29N7O2. The van der Waals surface area contributed by atoms with Crippen LogP contribution in [0.4, 0.5) is 11.6 Å². The lowest BCUT2D eigenvalue weighted by atomic mass is 10.1. The van der Waals surface area contributed by atoms with Gasteiger partial charge >= 0.3 is 0 Å². The van der Waals surface area contributed by atoms with Gasteiger partial charge in [0.1, 0.15) is 11.3 Å². The number of pyridine rings is 2. The van der Waals surface area contributed by atoms with Gasteiger partial charge in [-0.2, -0.15) is 0 Å². The molecule has 168 valence electrons. The van der Waals surface area contributed by atoms with Crippen molar-refractivity contribution in [3.8, 4) is 11.3 Å². The smallest absolute Gasteiger partial charge is 0.154 e. The lowest BCUT2D eigenvalue weighted by molar-refractivity contribution is -0.00545. The van der Waals surface area contributed by atoms with Gasteiger partial charge in [-0.05, 0) is 32.0 Å². The number of hydrogen-bond donors (Lipinski definition) is 2. The molecule has 0 radical (unpaired) electrons. The highest BCUT2D eigenvalue weighted by Gasteiger charge is 2.23. The molecule has 5 heterocycles. The Morgan fingerprint density at radius 1 is 1.12 bits per heavy atom. The highest BCUT2D eigenvalue weighted by molar-refractivity contribution is 5.88. The molecule has 0 unspecified atom stereocenters. The number of fused-ring (bicyclic) bond motifs is 1. The van der Waals surface area contributed by atoms with Gasteiger partial charge in [-0.3, -0.25) is 4.98 Å². The highest BCUT2D eigenvalue weighted by Crippen LogP contribution is 2.27. The van der Waals surface area contributed by atoms with Crippen molar-refractivity contribution in [1.29, 1.82) is 0 Å². The molecule has 3 atom stereocenters. The number of nitrogens with zero attached hydrogens (tertiary/aromatic N) is 5. The van der Waals surface area contributed by atoms with E-state index < -0.39 is 0 Å². The van der Waals surface area contributed by atoms with Crippen molar-refractivity contribution in [1.82, 2.24) is 25.3 Å². The third-order valence-corrected chi connectivity index (χ3v) is 5.75. The fourth-order valence-corrected chi connectivity index (χ4v) is 4.29. The molecule has 2 N–H and O–H groups in total. The highest BCUT2D eigenvalue weighted by atomic mass is 16.5. The second-order valence-corrected chi connectivity index (χ2v) is 8.43. The third-order valence-electron chi connectivity index (χ3n) is 5.75. The van der Waals surface area contributed by atoms with E-state index in [0.29, 0.717) is 12.4 Å². The number of ether oxygens (including phenoxy) is 2. The first-order valence-electron chi connectivity index (χ1n) is 11.2. The summed E-state index contributed by atoms with van der Waals surface area (Å²) in [5.74, 6) is 1.66. The average molecular weight is 436 g/mol. The van der Waals surface area contributed by atoms with Crippen LogP contribution in [-0.2, 0) is 9.47 Å². The minimum Gasteiger partial charge on any atom is -0.374 e. The Kier molecular flexibility index (Phi) is 6.11. The maximum atomic E-state index is 5.84. The SMILES string of the molecule is C[C@@H]1CN(c2ccc(-c3cc4nccnc4c(NC[C@@H]4CNCCO4)n3)cn2)C[C@H](C)O1. The van der Waals surface area contributed by atoms with E-state index in [-0.39, 0.29) is 18.3 Å². The summed E-state index contributed by atoms with van der Waals surface area (Å²) in [6.07, 6.45) is 5.75. The Bertz CT molecular complexity index is 1050. The molecule has 0 amide bonds. The number of hydrogen-bond acceptors (Lipinski definition) is 9. The largest absolute Gasteiger partial charge is 0.374 e. The van der Waals surface area contributed by atoms with E-state index in [0.717, 1.165) is 60.9 Å². The molecule has 3 aromatic rings. The molecule has 9 heteroatoms. The summed E-state index contributed by atoms with van der Waals surface area (Å²) in [6, 6.07) is 6.08. The zero-order valence-corrected chi connectivity index (χ0v) is 18.5. The molecule has 32 heavy (non-hydrogen) atoms. The summed E-state index contributed by atoms with van der Waals surface area (Å²) < 4.78 is 11.6. The van der Waals surface area contributed by atoms with Crippen molar-refractivity contribution < 1.29 is 9.47 Å². The Morgan fingerprint density at radius 3 is 2.72 bits per heavy atom. The molecule has 2 fully saturated rings. The van der Waals surface area contributed by atoms with Crippen molar-refractivity contribution in [3.05, 3.63) is 36.8 Å². The van der Waals surface area contributed by atoms with Crippen LogP contribution in [-0.4, -0.2) is 77.6 Å². The van der Waals surface area contributed by atoms with Crippen molar-refractivity contribution in [2.45, 2.75) is 32.2 Å². The Hall–Kier alpha value is -2.88. The second kappa shape index (κ2) is 9.32. The van der Waals surface area contributed by atoms with Crippen molar-refractivity contribution in [2.75, 3.05) is 49.5 Å². The number of anilines is 2. The Morgan fingerprint density at radius 2 is 1.97 bits per heavy atom. The fraction of sp³-hybridized carbons (Fsp3) is 0.478. The van der Waals surface area contributed by atoms with Crippen LogP contribution in [0.25, 0.3) is 22.3 Å². The van der Waals surface area contributed by atoms with E-state index in [4.69, 9.17) is 19.4 Å². The van der Waals surface area contributed by atoms with E-state index >= 15 is 0 Å². The van der Waals surface area contributed by atoms with Crippen LogP contribution in [0, 0.1) is 0 Å². The van der Waals surface area contributed by atoms with Gasteiger partial charge in [0.2, 0.25) is 0 Å². The monoisotopic (exact) mass is 435 g/mol. The average Bonchev–Trinajstić information content (AvgIpc) is 2.82. The van der Waals surface area contributed by atoms with Crippen LogP contribution in [0.2, 0.25) is 0 Å². The van der Waals surface area contributed by atoms with Crippen LogP contribution in [0.1, 0.15) is 13.8 Å². The number of nitrogens with one attached hydrogen (secondary N) is 2.